The zero-order valence-corrected chi connectivity index (χ0v) is 10.3. The number of aliphatic hydroxyl groups excluding tert-OH is 1. The Bertz CT molecular complexity index is 382. The van der Waals surface area contributed by atoms with E-state index in [2.05, 4.69) is 10.5 Å². The van der Waals surface area contributed by atoms with Gasteiger partial charge in [-0.1, -0.05) is 0 Å². The normalized spacial score (nSPS) is 28.7. The second kappa shape index (κ2) is 5.45. The highest BCUT2D eigenvalue weighted by Gasteiger charge is 2.31. The Morgan fingerprint density at radius 3 is 2.94 bits per heavy atom. The van der Waals surface area contributed by atoms with Crippen molar-refractivity contribution in [3.05, 3.63) is 0 Å². The van der Waals surface area contributed by atoms with Gasteiger partial charge in [0.15, 0.2) is 0 Å². The molecule has 7 heteroatoms. The first-order chi connectivity index (χ1) is 8.60. The molecule has 2 unspecified atom stereocenters. The fourth-order valence-electron chi connectivity index (χ4n) is 2.12. The lowest BCUT2D eigenvalue weighted by molar-refractivity contribution is -0.140. The Morgan fingerprint density at radius 1 is 1.56 bits per heavy atom. The number of nitrogens with one attached hydrogen (secondary N) is 1. The molecule has 100 valence electrons. The zero-order valence-electron chi connectivity index (χ0n) is 10.3. The Kier molecular flexibility index (Phi) is 3.93. The van der Waals surface area contributed by atoms with Crippen LogP contribution in [0.2, 0.25) is 0 Å². The molecule has 2 aliphatic rings. The van der Waals surface area contributed by atoms with Crippen LogP contribution in [0.5, 0.6) is 0 Å². The maximum atomic E-state index is 12.2. The SMILES string of the molecule is CC1CN(C(=O)C2=NNC(=O)CC2)CC(CO)O1. The van der Waals surface area contributed by atoms with Gasteiger partial charge in [0.1, 0.15) is 5.71 Å². The summed E-state index contributed by atoms with van der Waals surface area (Å²) in [6, 6.07) is 0. The lowest BCUT2D eigenvalue weighted by atomic mass is 10.1. The number of hydrazone groups is 1. The number of carbonyl (C=O) groups is 2. The molecule has 2 rings (SSSR count). The summed E-state index contributed by atoms with van der Waals surface area (Å²) in [5.41, 5.74) is 2.67. The van der Waals surface area contributed by atoms with Gasteiger partial charge >= 0.3 is 0 Å². The molecular weight excluding hydrogens is 238 g/mol. The first-order valence-corrected chi connectivity index (χ1v) is 6.01. The largest absolute Gasteiger partial charge is 0.394 e. The summed E-state index contributed by atoms with van der Waals surface area (Å²) in [6.07, 6.45) is 0.184. The Morgan fingerprint density at radius 2 is 2.33 bits per heavy atom. The van der Waals surface area contributed by atoms with Crippen LogP contribution in [0, 0.1) is 0 Å². The molecule has 1 saturated heterocycles. The predicted molar refractivity (Wildman–Crippen MR) is 62.8 cm³/mol. The topological polar surface area (TPSA) is 91.2 Å². The van der Waals surface area contributed by atoms with E-state index < -0.39 is 0 Å². The minimum absolute atomic E-state index is 0.112. The average Bonchev–Trinajstić information content (AvgIpc) is 2.38. The zero-order chi connectivity index (χ0) is 13.1. The molecule has 2 amide bonds. The fourth-order valence-corrected chi connectivity index (χ4v) is 2.12. The van der Waals surface area contributed by atoms with E-state index in [4.69, 9.17) is 9.84 Å². The molecule has 0 aromatic rings. The van der Waals surface area contributed by atoms with E-state index in [0.717, 1.165) is 0 Å². The molecule has 2 atom stereocenters. The van der Waals surface area contributed by atoms with Crippen LogP contribution in [0.1, 0.15) is 19.8 Å². The number of hydrogen-bond acceptors (Lipinski definition) is 5. The molecule has 0 aromatic heterocycles. The van der Waals surface area contributed by atoms with Crippen molar-refractivity contribution in [1.29, 1.82) is 0 Å². The van der Waals surface area contributed by atoms with Gasteiger partial charge in [-0.3, -0.25) is 9.59 Å². The van der Waals surface area contributed by atoms with E-state index in [1.165, 1.54) is 0 Å². The summed E-state index contributed by atoms with van der Waals surface area (Å²) >= 11 is 0. The number of aliphatic hydroxyl groups is 1. The van der Waals surface area contributed by atoms with Gasteiger partial charge in [0.05, 0.1) is 18.8 Å². The summed E-state index contributed by atoms with van der Waals surface area (Å²) in [5.74, 6) is -0.362. The van der Waals surface area contributed by atoms with E-state index >= 15 is 0 Å². The van der Waals surface area contributed by atoms with E-state index in [1.54, 1.807) is 4.90 Å². The van der Waals surface area contributed by atoms with Crippen LogP contribution in [-0.2, 0) is 14.3 Å². The third-order valence-electron chi connectivity index (χ3n) is 2.97. The highest BCUT2D eigenvalue weighted by molar-refractivity contribution is 6.39. The summed E-state index contributed by atoms with van der Waals surface area (Å²) in [6.45, 7) is 2.57. The van der Waals surface area contributed by atoms with Crippen LogP contribution in [0.15, 0.2) is 5.10 Å². The molecule has 0 saturated carbocycles. The highest BCUT2D eigenvalue weighted by atomic mass is 16.5. The van der Waals surface area contributed by atoms with Gasteiger partial charge in [0.25, 0.3) is 5.91 Å². The van der Waals surface area contributed by atoms with Gasteiger partial charge in [0, 0.05) is 25.9 Å². The summed E-state index contributed by atoms with van der Waals surface area (Å²) in [4.78, 5) is 24.8. The summed E-state index contributed by atoms with van der Waals surface area (Å²) in [7, 11) is 0. The fraction of sp³-hybridized carbons (Fsp3) is 0.727. The molecule has 18 heavy (non-hydrogen) atoms. The van der Waals surface area contributed by atoms with Crippen molar-refractivity contribution >= 4 is 17.5 Å². The number of nitrogens with zero attached hydrogens (tertiary/aromatic N) is 2. The lowest BCUT2D eigenvalue weighted by Crippen LogP contribution is -2.52. The molecule has 0 bridgehead atoms. The van der Waals surface area contributed by atoms with Crippen LogP contribution in [-0.4, -0.2) is 59.4 Å². The molecule has 2 heterocycles. The maximum absolute atomic E-state index is 12.2. The minimum atomic E-state index is -0.350. The van der Waals surface area contributed by atoms with E-state index in [1.807, 2.05) is 6.92 Å². The first kappa shape index (κ1) is 13.0. The van der Waals surface area contributed by atoms with Gasteiger partial charge in [0.2, 0.25) is 5.91 Å². The Hall–Kier alpha value is -1.47. The second-order valence-electron chi connectivity index (χ2n) is 4.55. The van der Waals surface area contributed by atoms with Gasteiger partial charge in [-0.2, -0.15) is 5.10 Å². The van der Waals surface area contributed by atoms with Crippen molar-refractivity contribution in [2.45, 2.75) is 32.0 Å². The standard InChI is InChI=1S/C11H17N3O4/c1-7-4-14(5-8(6-15)18-7)11(17)9-2-3-10(16)13-12-9/h7-8,15H,2-6H2,1H3,(H,13,16). The minimum Gasteiger partial charge on any atom is -0.394 e. The van der Waals surface area contributed by atoms with Crippen LogP contribution in [0.3, 0.4) is 0 Å². The third kappa shape index (κ3) is 2.85. The molecule has 2 aliphatic heterocycles. The quantitative estimate of drug-likeness (QED) is 0.652. The van der Waals surface area contributed by atoms with Crippen molar-refractivity contribution in [2.24, 2.45) is 5.10 Å². The molecule has 7 nitrogen and oxygen atoms in total. The van der Waals surface area contributed by atoms with Crippen LogP contribution in [0.4, 0.5) is 0 Å². The second-order valence-corrected chi connectivity index (χ2v) is 4.55. The number of morpholine rings is 1. The maximum Gasteiger partial charge on any atom is 0.270 e. The molecule has 0 aliphatic carbocycles. The first-order valence-electron chi connectivity index (χ1n) is 6.01. The third-order valence-corrected chi connectivity index (χ3v) is 2.97. The van der Waals surface area contributed by atoms with E-state index in [0.29, 0.717) is 25.2 Å². The molecule has 2 N–H and O–H groups in total. The van der Waals surface area contributed by atoms with Crippen molar-refractivity contribution in [3.8, 4) is 0 Å². The van der Waals surface area contributed by atoms with Gasteiger partial charge in [-0.15, -0.1) is 0 Å². The van der Waals surface area contributed by atoms with Crippen molar-refractivity contribution in [3.63, 3.8) is 0 Å². The van der Waals surface area contributed by atoms with Gasteiger partial charge in [-0.25, -0.2) is 5.43 Å². The molecule has 0 aromatic carbocycles. The predicted octanol–water partition coefficient (Wildman–Crippen LogP) is -1.14. The molecule has 0 radical (unpaired) electrons. The van der Waals surface area contributed by atoms with E-state index in [-0.39, 0.29) is 37.0 Å². The number of amides is 2. The monoisotopic (exact) mass is 255 g/mol. The number of rotatable bonds is 2. The van der Waals surface area contributed by atoms with Crippen LogP contribution in [0.25, 0.3) is 0 Å². The number of carbonyl (C=O) groups excluding carboxylic acids is 2. The summed E-state index contributed by atoms with van der Waals surface area (Å²) in [5, 5.41) is 12.9. The highest BCUT2D eigenvalue weighted by Crippen LogP contribution is 2.13. The van der Waals surface area contributed by atoms with Crippen LogP contribution >= 0.6 is 0 Å². The molecule has 0 spiro atoms. The van der Waals surface area contributed by atoms with Gasteiger partial charge in [-0.05, 0) is 6.92 Å². The summed E-state index contributed by atoms with van der Waals surface area (Å²) < 4.78 is 5.47. The Balaban J connectivity index is 2.02. The van der Waals surface area contributed by atoms with Crippen molar-refractivity contribution < 1.29 is 19.4 Å². The van der Waals surface area contributed by atoms with Crippen molar-refractivity contribution in [2.75, 3.05) is 19.7 Å². The lowest BCUT2D eigenvalue weighted by Gasteiger charge is -2.36. The molecule has 1 fully saturated rings. The van der Waals surface area contributed by atoms with Crippen molar-refractivity contribution in [1.82, 2.24) is 10.3 Å². The Labute approximate surface area is 105 Å². The smallest absolute Gasteiger partial charge is 0.270 e. The van der Waals surface area contributed by atoms with Gasteiger partial charge < -0.3 is 14.7 Å². The average molecular weight is 255 g/mol. The number of hydrogen-bond donors (Lipinski definition) is 2. The van der Waals surface area contributed by atoms with Crippen LogP contribution < -0.4 is 5.43 Å². The number of ether oxygens (including phenoxy) is 1. The molecular formula is C11H17N3O4. The van der Waals surface area contributed by atoms with E-state index in [9.17, 15) is 9.59 Å².